The van der Waals surface area contributed by atoms with Crippen molar-refractivity contribution in [1.29, 1.82) is 0 Å². The van der Waals surface area contributed by atoms with Gasteiger partial charge in [-0.05, 0) is 48.9 Å². The molecule has 0 aliphatic carbocycles. The fourth-order valence-corrected chi connectivity index (χ4v) is 3.05. The Morgan fingerprint density at radius 3 is 2.30 bits per heavy atom. The number of carbonyl (C=O) groups excluding carboxylic acids is 1. The molecule has 2 rings (SSSR count). The van der Waals surface area contributed by atoms with E-state index in [2.05, 4.69) is 0 Å². The van der Waals surface area contributed by atoms with E-state index in [0.717, 1.165) is 11.8 Å². The van der Waals surface area contributed by atoms with Crippen molar-refractivity contribution in [2.75, 3.05) is 12.8 Å². The third-order valence-electron chi connectivity index (χ3n) is 3.46. The highest BCUT2D eigenvalue weighted by Gasteiger charge is 2.16. The molecule has 0 aliphatic heterocycles. The molecule has 0 radical (unpaired) electrons. The summed E-state index contributed by atoms with van der Waals surface area (Å²) in [5.74, 6) is -0.146. The second kappa shape index (κ2) is 7.15. The number of benzene rings is 2. The Bertz CT molecular complexity index is 801. The molecule has 0 spiro atoms. The van der Waals surface area contributed by atoms with Gasteiger partial charge in [0, 0.05) is 29.9 Å². The van der Waals surface area contributed by atoms with Gasteiger partial charge in [-0.25, -0.2) is 8.42 Å². The zero-order chi connectivity index (χ0) is 17.0. The van der Waals surface area contributed by atoms with E-state index in [0.29, 0.717) is 23.7 Å². The predicted octanol–water partition coefficient (Wildman–Crippen LogP) is 3.41. The van der Waals surface area contributed by atoms with E-state index >= 15 is 0 Å². The minimum absolute atomic E-state index is 0.146. The van der Waals surface area contributed by atoms with E-state index in [1.54, 1.807) is 23.1 Å². The van der Waals surface area contributed by atoms with Crippen molar-refractivity contribution in [3.8, 4) is 0 Å². The zero-order valence-electron chi connectivity index (χ0n) is 13.0. The van der Waals surface area contributed by atoms with Crippen LogP contribution in [0.2, 0.25) is 5.02 Å². The van der Waals surface area contributed by atoms with E-state index in [9.17, 15) is 13.2 Å². The van der Waals surface area contributed by atoms with Crippen molar-refractivity contribution in [1.82, 2.24) is 4.90 Å². The highest BCUT2D eigenvalue weighted by atomic mass is 35.5. The maximum absolute atomic E-state index is 12.6. The summed E-state index contributed by atoms with van der Waals surface area (Å²) in [6.07, 6.45) is 1.14. The van der Waals surface area contributed by atoms with Crippen molar-refractivity contribution in [3.63, 3.8) is 0 Å². The Labute approximate surface area is 141 Å². The van der Waals surface area contributed by atoms with Gasteiger partial charge in [-0.1, -0.05) is 23.7 Å². The van der Waals surface area contributed by atoms with Gasteiger partial charge in [0.1, 0.15) is 0 Å². The number of amides is 1. The first-order chi connectivity index (χ1) is 10.8. The molecule has 0 unspecified atom stereocenters. The zero-order valence-corrected chi connectivity index (χ0v) is 14.6. The molecule has 0 saturated heterocycles. The average molecular weight is 352 g/mol. The first kappa shape index (κ1) is 17.5. The molecule has 0 heterocycles. The molecule has 1 amide bonds. The largest absolute Gasteiger partial charge is 0.335 e. The van der Waals surface area contributed by atoms with Crippen LogP contribution in [-0.4, -0.2) is 32.0 Å². The minimum atomic E-state index is -3.26. The van der Waals surface area contributed by atoms with Crippen molar-refractivity contribution in [3.05, 3.63) is 64.7 Å². The fraction of sp³-hybridized carbons (Fsp3) is 0.235. The van der Waals surface area contributed by atoms with Crippen molar-refractivity contribution < 1.29 is 13.2 Å². The van der Waals surface area contributed by atoms with E-state index in [4.69, 9.17) is 11.6 Å². The lowest BCUT2D eigenvalue weighted by molar-refractivity contribution is 0.0752. The normalized spacial score (nSPS) is 11.3. The van der Waals surface area contributed by atoms with Crippen LogP contribution in [0.5, 0.6) is 0 Å². The molecule has 4 nitrogen and oxygen atoms in total. The summed E-state index contributed by atoms with van der Waals surface area (Å²) in [6.45, 7) is 2.89. The molecule has 23 heavy (non-hydrogen) atoms. The number of halogens is 1. The first-order valence-electron chi connectivity index (χ1n) is 7.15. The molecule has 0 N–H and O–H groups in total. The SMILES string of the molecule is CCN(Cc1cccc(Cl)c1)C(=O)c1ccc(S(C)(=O)=O)cc1. The maximum Gasteiger partial charge on any atom is 0.254 e. The molecule has 2 aromatic rings. The van der Waals surface area contributed by atoms with Crippen LogP contribution in [0.3, 0.4) is 0 Å². The second-order valence-electron chi connectivity index (χ2n) is 5.25. The van der Waals surface area contributed by atoms with E-state index in [1.165, 1.54) is 12.1 Å². The number of hydrogen-bond donors (Lipinski definition) is 0. The standard InChI is InChI=1S/C17H18ClNO3S/c1-3-19(12-13-5-4-6-15(18)11-13)17(20)14-7-9-16(10-8-14)23(2,21)22/h4-11H,3,12H2,1-2H3. The second-order valence-corrected chi connectivity index (χ2v) is 7.70. The molecule has 0 atom stereocenters. The van der Waals surface area contributed by atoms with Gasteiger partial charge in [0.05, 0.1) is 4.90 Å². The Balaban J connectivity index is 2.19. The number of hydrogen-bond acceptors (Lipinski definition) is 3. The van der Waals surface area contributed by atoms with Crippen molar-refractivity contribution in [2.45, 2.75) is 18.4 Å². The van der Waals surface area contributed by atoms with Crippen LogP contribution < -0.4 is 0 Å². The molecule has 6 heteroatoms. The van der Waals surface area contributed by atoms with Gasteiger partial charge < -0.3 is 4.90 Å². The number of rotatable bonds is 5. The van der Waals surface area contributed by atoms with Gasteiger partial charge in [-0.3, -0.25) is 4.79 Å². The molecule has 0 fully saturated rings. The maximum atomic E-state index is 12.6. The average Bonchev–Trinajstić information content (AvgIpc) is 2.51. The lowest BCUT2D eigenvalue weighted by Crippen LogP contribution is -2.30. The van der Waals surface area contributed by atoms with Gasteiger partial charge in [-0.2, -0.15) is 0 Å². The van der Waals surface area contributed by atoms with Gasteiger partial charge in [0.2, 0.25) is 0 Å². The summed E-state index contributed by atoms with van der Waals surface area (Å²) in [4.78, 5) is 14.5. The van der Waals surface area contributed by atoms with Crippen LogP contribution in [0, 0.1) is 0 Å². The number of sulfone groups is 1. The molecular formula is C17H18ClNO3S. The monoisotopic (exact) mass is 351 g/mol. The van der Waals surface area contributed by atoms with Crippen molar-refractivity contribution in [2.24, 2.45) is 0 Å². The summed E-state index contributed by atoms with van der Waals surface area (Å²) in [5.41, 5.74) is 1.40. The molecule has 0 aromatic heterocycles. The number of carbonyl (C=O) groups is 1. The van der Waals surface area contributed by atoms with Crippen molar-refractivity contribution >= 4 is 27.3 Å². The molecule has 0 aliphatic rings. The highest BCUT2D eigenvalue weighted by Crippen LogP contribution is 2.16. The van der Waals surface area contributed by atoms with Crippen LogP contribution >= 0.6 is 11.6 Å². The molecule has 2 aromatic carbocycles. The smallest absolute Gasteiger partial charge is 0.254 e. The van der Waals surface area contributed by atoms with E-state index in [1.807, 2.05) is 25.1 Å². The Morgan fingerprint density at radius 2 is 1.78 bits per heavy atom. The third kappa shape index (κ3) is 4.56. The highest BCUT2D eigenvalue weighted by molar-refractivity contribution is 7.90. The Morgan fingerprint density at radius 1 is 1.13 bits per heavy atom. The Hall–Kier alpha value is -1.85. The van der Waals surface area contributed by atoms with Crippen LogP contribution in [0.4, 0.5) is 0 Å². The van der Waals surface area contributed by atoms with Gasteiger partial charge in [-0.15, -0.1) is 0 Å². The van der Waals surface area contributed by atoms with E-state index < -0.39 is 9.84 Å². The van der Waals surface area contributed by atoms with E-state index in [-0.39, 0.29) is 10.8 Å². The summed E-state index contributed by atoms with van der Waals surface area (Å²) in [6, 6.07) is 13.4. The number of nitrogens with zero attached hydrogens (tertiary/aromatic N) is 1. The molecular weight excluding hydrogens is 334 g/mol. The van der Waals surface area contributed by atoms with Crippen LogP contribution in [-0.2, 0) is 16.4 Å². The lowest BCUT2D eigenvalue weighted by atomic mass is 10.1. The predicted molar refractivity (Wildman–Crippen MR) is 91.4 cm³/mol. The molecule has 0 saturated carbocycles. The van der Waals surface area contributed by atoms with Gasteiger partial charge >= 0.3 is 0 Å². The topological polar surface area (TPSA) is 54.5 Å². The minimum Gasteiger partial charge on any atom is -0.335 e. The summed E-state index contributed by atoms with van der Waals surface area (Å²) in [5, 5.41) is 0.628. The van der Waals surface area contributed by atoms with Crippen LogP contribution in [0.15, 0.2) is 53.4 Å². The van der Waals surface area contributed by atoms with Crippen LogP contribution in [0.25, 0.3) is 0 Å². The summed E-state index contributed by atoms with van der Waals surface area (Å²) < 4.78 is 22.9. The summed E-state index contributed by atoms with van der Waals surface area (Å²) in [7, 11) is -3.26. The van der Waals surface area contributed by atoms with Crippen LogP contribution in [0.1, 0.15) is 22.8 Å². The van der Waals surface area contributed by atoms with Gasteiger partial charge in [0.15, 0.2) is 9.84 Å². The fourth-order valence-electron chi connectivity index (χ4n) is 2.21. The quantitative estimate of drug-likeness (QED) is 0.829. The first-order valence-corrected chi connectivity index (χ1v) is 9.42. The van der Waals surface area contributed by atoms with Gasteiger partial charge in [0.25, 0.3) is 5.91 Å². The molecule has 0 bridgehead atoms. The third-order valence-corrected chi connectivity index (χ3v) is 4.82. The Kier molecular flexibility index (Phi) is 5.44. The lowest BCUT2D eigenvalue weighted by Gasteiger charge is -2.21. The molecule has 122 valence electrons. The summed E-state index contributed by atoms with van der Waals surface area (Å²) >= 11 is 5.97.